The van der Waals surface area contributed by atoms with Crippen LogP contribution >= 0.6 is 47.8 Å². The highest BCUT2D eigenvalue weighted by Gasteiger charge is 2.12. The van der Waals surface area contributed by atoms with Crippen LogP contribution in [0.2, 0.25) is 0 Å². The quantitative estimate of drug-likeness (QED) is 0.644. The highest BCUT2D eigenvalue weighted by Crippen LogP contribution is 2.25. The molecule has 0 atom stereocenters. The minimum atomic E-state index is 0.467. The minimum absolute atomic E-state index is 0.467. The number of nitrogens with zero attached hydrogens (tertiary/aromatic N) is 2. The van der Waals surface area contributed by atoms with Gasteiger partial charge < -0.3 is 4.74 Å². The van der Waals surface area contributed by atoms with Gasteiger partial charge >= 0.3 is 0 Å². The molecule has 0 aliphatic rings. The van der Waals surface area contributed by atoms with Crippen LogP contribution in [0.5, 0.6) is 0 Å². The van der Waals surface area contributed by atoms with Gasteiger partial charge in [-0.1, -0.05) is 46.3 Å². The number of benzene rings is 1. The van der Waals surface area contributed by atoms with Crippen molar-refractivity contribution < 1.29 is 4.74 Å². The molecule has 0 saturated heterocycles. The van der Waals surface area contributed by atoms with E-state index >= 15 is 0 Å². The third kappa shape index (κ3) is 3.44. The molecule has 2 rings (SSSR count). The van der Waals surface area contributed by atoms with Crippen molar-refractivity contribution in [1.29, 1.82) is 0 Å². The Morgan fingerprint density at radius 3 is 2.56 bits per heavy atom. The summed E-state index contributed by atoms with van der Waals surface area (Å²) in [6, 6.07) is 10.1. The zero-order valence-electron chi connectivity index (χ0n) is 9.44. The van der Waals surface area contributed by atoms with Gasteiger partial charge in [0.05, 0.1) is 11.9 Å². The van der Waals surface area contributed by atoms with Crippen molar-refractivity contribution in [2.75, 3.05) is 0 Å². The monoisotopic (exact) mass is 436 g/mol. The molecule has 0 unspecified atom stereocenters. The van der Waals surface area contributed by atoms with Crippen LogP contribution < -0.4 is 0 Å². The van der Waals surface area contributed by atoms with Crippen LogP contribution in [0.15, 0.2) is 39.5 Å². The zero-order valence-corrected chi connectivity index (χ0v) is 14.2. The molecule has 3 nitrogen and oxygen atoms in total. The van der Waals surface area contributed by atoms with E-state index in [9.17, 15) is 0 Å². The van der Waals surface area contributed by atoms with E-state index in [1.807, 2.05) is 34.9 Å². The number of hydrogen-bond donors (Lipinski definition) is 0. The summed E-state index contributed by atoms with van der Waals surface area (Å²) in [5.74, 6) is 0.918. The molecule has 0 radical (unpaired) electrons. The fourth-order valence-electron chi connectivity index (χ4n) is 1.51. The number of halogens is 3. The van der Waals surface area contributed by atoms with E-state index in [0.29, 0.717) is 18.7 Å². The Kier molecular flexibility index (Phi) is 5.41. The predicted octanol–water partition coefficient (Wildman–Crippen LogP) is 4.48. The first-order chi connectivity index (χ1) is 8.72. The molecule has 1 aromatic carbocycles. The Labute approximate surface area is 131 Å². The second-order valence-electron chi connectivity index (χ2n) is 3.63. The lowest BCUT2D eigenvalue weighted by atomic mass is 10.2. The van der Waals surface area contributed by atoms with E-state index in [1.54, 1.807) is 0 Å². The van der Waals surface area contributed by atoms with E-state index in [-0.39, 0.29) is 0 Å². The lowest BCUT2D eigenvalue weighted by Crippen LogP contribution is -2.06. The Morgan fingerprint density at radius 2 is 1.89 bits per heavy atom. The molecule has 0 aliphatic heterocycles. The Balaban J connectivity index is 1.98. The van der Waals surface area contributed by atoms with Crippen molar-refractivity contribution >= 4 is 47.8 Å². The molecule has 0 amide bonds. The normalized spacial score (nSPS) is 10.8. The Bertz CT molecular complexity index is 514. The molecule has 1 aromatic heterocycles. The number of imidazole rings is 1. The fraction of sp³-hybridized carbons (Fsp3) is 0.250. The highest BCUT2D eigenvalue weighted by molar-refractivity contribution is 9.13. The van der Waals surface area contributed by atoms with Crippen LogP contribution in [0.1, 0.15) is 11.4 Å². The third-order valence-corrected chi connectivity index (χ3v) is 4.79. The molecule has 0 bridgehead atoms. The maximum Gasteiger partial charge on any atom is 0.139 e. The first kappa shape index (κ1) is 14.2. The van der Waals surface area contributed by atoms with Gasteiger partial charge in [0.1, 0.15) is 21.8 Å². The summed E-state index contributed by atoms with van der Waals surface area (Å²) in [6.07, 6.45) is 0. The van der Waals surface area contributed by atoms with Crippen molar-refractivity contribution in [3.05, 3.63) is 50.9 Å². The Morgan fingerprint density at radius 1 is 1.17 bits per heavy atom. The standard InChI is InChI=1S/C12H11Br3N2O/c13-6-10-16-11(14)12(15)17(10)8-18-7-9-4-2-1-3-5-9/h1-5H,6-8H2. The van der Waals surface area contributed by atoms with Gasteiger partial charge in [0.25, 0.3) is 0 Å². The van der Waals surface area contributed by atoms with Gasteiger partial charge in [-0.25, -0.2) is 4.98 Å². The molecule has 0 aliphatic carbocycles. The molecular weight excluding hydrogens is 428 g/mol. The average molecular weight is 439 g/mol. The number of hydrogen-bond acceptors (Lipinski definition) is 2. The molecule has 0 fully saturated rings. The van der Waals surface area contributed by atoms with Crippen molar-refractivity contribution in [2.24, 2.45) is 0 Å². The van der Waals surface area contributed by atoms with Gasteiger partial charge in [-0.15, -0.1) is 0 Å². The maximum absolute atomic E-state index is 5.69. The van der Waals surface area contributed by atoms with Crippen LogP contribution in [-0.4, -0.2) is 9.55 Å². The first-order valence-electron chi connectivity index (χ1n) is 5.30. The molecule has 18 heavy (non-hydrogen) atoms. The summed E-state index contributed by atoms with van der Waals surface area (Å²) in [7, 11) is 0. The summed E-state index contributed by atoms with van der Waals surface area (Å²) in [5, 5.41) is 0.686. The van der Waals surface area contributed by atoms with Crippen molar-refractivity contribution in [3.63, 3.8) is 0 Å². The SMILES string of the molecule is BrCc1nc(Br)c(Br)n1COCc1ccccc1. The van der Waals surface area contributed by atoms with E-state index in [0.717, 1.165) is 20.6 Å². The largest absolute Gasteiger partial charge is 0.356 e. The summed E-state index contributed by atoms with van der Waals surface area (Å²) < 4.78 is 9.35. The van der Waals surface area contributed by atoms with Gasteiger partial charge in [-0.3, -0.25) is 4.57 Å². The number of ether oxygens (including phenoxy) is 1. The molecule has 1 heterocycles. The highest BCUT2D eigenvalue weighted by atomic mass is 79.9. The smallest absolute Gasteiger partial charge is 0.139 e. The van der Waals surface area contributed by atoms with Crippen molar-refractivity contribution in [3.8, 4) is 0 Å². The molecule has 0 spiro atoms. The summed E-state index contributed by atoms with van der Waals surface area (Å²) in [4.78, 5) is 4.36. The lowest BCUT2D eigenvalue weighted by molar-refractivity contribution is 0.0612. The first-order valence-corrected chi connectivity index (χ1v) is 8.01. The third-order valence-electron chi connectivity index (χ3n) is 2.40. The van der Waals surface area contributed by atoms with Crippen LogP contribution in [-0.2, 0) is 23.4 Å². The molecule has 0 saturated carbocycles. The van der Waals surface area contributed by atoms with E-state index in [2.05, 4.69) is 52.8 Å². The van der Waals surface area contributed by atoms with E-state index in [4.69, 9.17) is 4.74 Å². The van der Waals surface area contributed by atoms with E-state index < -0.39 is 0 Å². The molecular formula is C12H11Br3N2O. The second-order valence-corrected chi connectivity index (χ2v) is 5.70. The van der Waals surface area contributed by atoms with Gasteiger partial charge in [0.15, 0.2) is 0 Å². The number of alkyl halides is 1. The zero-order chi connectivity index (χ0) is 13.0. The van der Waals surface area contributed by atoms with Gasteiger partial charge in [-0.2, -0.15) is 0 Å². The fourth-order valence-corrected chi connectivity index (χ4v) is 2.75. The van der Waals surface area contributed by atoms with Gasteiger partial charge in [0, 0.05) is 0 Å². The number of rotatable bonds is 5. The van der Waals surface area contributed by atoms with Crippen LogP contribution in [0.25, 0.3) is 0 Å². The maximum atomic E-state index is 5.69. The molecule has 0 N–H and O–H groups in total. The minimum Gasteiger partial charge on any atom is -0.356 e. The van der Waals surface area contributed by atoms with Crippen LogP contribution in [0.3, 0.4) is 0 Å². The van der Waals surface area contributed by atoms with Gasteiger partial charge in [-0.05, 0) is 37.4 Å². The summed E-state index contributed by atoms with van der Waals surface area (Å²) in [5.41, 5.74) is 1.16. The summed E-state index contributed by atoms with van der Waals surface area (Å²) in [6.45, 7) is 1.06. The Hall–Kier alpha value is -0.170. The topological polar surface area (TPSA) is 27.1 Å². The molecule has 2 aromatic rings. The summed E-state index contributed by atoms with van der Waals surface area (Å²) >= 11 is 10.3. The van der Waals surface area contributed by atoms with E-state index in [1.165, 1.54) is 0 Å². The van der Waals surface area contributed by atoms with Crippen LogP contribution in [0.4, 0.5) is 0 Å². The predicted molar refractivity (Wildman–Crippen MR) is 81.5 cm³/mol. The van der Waals surface area contributed by atoms with Crippen LogP contribution in [0, 0.1) is 0 Å². The lowest BCUT2D eigenvalue weighted by Gasteiger charge is -2.09. The number of aromatic nitrogens is 2. The second kappa shape index (κ2) is 6.84. The van der Waals surface area contributed by atoms with Gasteiger partial charge in [0.2, 0.25) is 0 Å². The molecule has 96 valence electrons. The average Bonchev–Trinajstić information content (AvgIpc) is 2.67. The van der Waals surface area contributed by atoms with Crippen molar-refractivity contribution in [2.45, 2.75) is 18.7 Å². The van der Waals surface area contributed by atoms with Crippen molar-refractivity contribution in [1.82, 2.24) is 9.55 Å². The molecule has 6 heteroatoms.